The highest BCUT2D eigenvalue weighted by Crippen LogP contribution is 2.20. The van der Waals surface area contributed by atoms with Crippen LogP contribution in [0.3, 0.4) is 0 Å². The minimum Gasteiger partial charge on any atom is -0.326 e. The minimum atomic E-state index is -0.195. The molecule has 2 N–H and O–H groups in total. The van der Waals surface area contributed by atoms with Crippen molar-refractivity contribution in [2.75, 3.05) is 10.6 Å². The Hall–Kier alpha value is -3.31. The maximum atomic E-state index is 12.2. The molecule has 0 saturated heterocycles. The van der Waals surface area contributed by atoms with Crippen LogP contribution in [-0.4, -0.2) is 20.9 Å². The molecule has 3 aromatic rings. The van der Waals surface area contributed by atoms with Gasteiger partial charge >= 0.3 is 0 Å². The Bertz CT molecular complexity index is 971. The van der Waals surface area contributed by atoms with Gasteiger partial charge in [-0.3, -0.25) is 4.79 Å². The number of nitriles is 1. The quantitative estimate of drug-likeness (QED) is 0.719. The lowest BCUT2D eigenvalue weighted by Crippen LogP contribution is -2.14. The second-order valence-corrected chi connectivity index (χ2v) is 6.52. The summed E-state index contributed by atoms with van der Waals surface area (Å²) in [6.45, 7) is 3.80. The van der Waals surface area contributed by atoms with Crippen molar-refractivity contribution in [3.05, 3.63) is 58.4 Å². The van der Waals surface area contributed by atoms with Gasteiger partial charge in [0.25, 0.3) is 0 Å². The number of carbonyl (C=O) groups is 1. The maximum absolute atomic E-state index is 12.2. The molecule has 0 aliphatic rings. The number of aromatic nitrogens is 3. The molecule has 0 spiro atoms. The summed E-state index contributed by atoms with van der Waals surface area (Å²) in [5.74, 6) is 0.292. The van der Waals surface area contributed by atoms with Crippen molar-refractivity contribution in [1.82, 2.24) is 15.0 Å². The van der Waals surface area contributed by atoms with E-state index in [0.29, 0.717) is 28.0 Å². The number of rotatable bonds is 5. The van der Waals surface area contributed by atoms with Gasteiger partial charge in [-0.15, -0.1) is 11.3 Å². The summed E-state index contributed by atoms with van der Waals surface area (Å²) in [7, 11) is 0. The van der Waals surface area contributed by atoms with Crippen molar-refractivity contribution in [3.8, 4) is 6.07 Å². The Morgan fingerprint density at radius 3 is 2.69 bits per heavy atom. The van der Waals surface area contributed by atoms with E-state index in [1.54, 1.807) is 24.3 Å². The fourth-order valence-corrected chi connectivity index (χ4v) is 3.06. The van der Waals surface area contributed by atoms with Crippen LogP contribution in [0.2, 0.25) is 0 Å². The summed E-state index contributed by atoms with van der Waals surface area (Å²) in [6, 6.07) is 10.7. The number of thiazole rings is 1. The number of nitrogens with one attached hydrogen (secondary N) is 2. The molecular weight excluding hydrogens is 348 g/mol. The van der Waals surface area contributed by atoms with Gasteiger partial charge in [0, 0.05) is 22.5 Å². The van der Waals surface area contributed by atoms with E-state index in [1.165, 1.54) is 11.3 Å². The summed E-state index contributed by atoms with van der Waals surface area (Å²) in [4.78, 5) is 25.2. The van der Waals surface area contributed by atoms with Crippen molar-refractivity contribution in [2.24, 2.45) is 0 Å². The summed E-state index contributed by atoms with van der Waals surface area (Å²) < 4.78 is 0. The van der Waals surface area contributed by atoms with E-state index in [0.717, 1.165) is 11.4 Å². The number of benzene rings is 1. The van der Waals surface area contributed by atoms with E-state index in [-0.39, 0.29) is 12.3 Å². The van der Waals surface area contributed by atoms with Crippen LogP contribution in [0.5, 0.6) is 0 Å². The van der Waals surface area contributed by atoms with Gasteiger partial charge in [-0.1, -0.05) is 6.07 Å². The molecule has 8 heteroatoms. The van der Waals surface area contributed by atoms with Crippen LogP contribution in [0.25, 0.3) is 0 Å². The van der Waals surface area contributed by atoms with Crippen LogP contribution in [0.15, 0.2) is 35.7 Å². The monoisotopic (exact) mass is 364 g/mol. The molecular formula is C18H16N6OS. The Kier molecular flexibility index (Phi) is 5.20. The molecule has 0 atom stereocenters. The molecule has 3 rings (SSSR count). The summed E-state index contributed by atoms with van der Waals surface area (Å²) >= 11 is 1.39. The molecule has 0 unspecified atom stereocenters. The van der Waals surface area contributed by atoms with Gasteiger partial charge in [0.1, 0.15) is 0 Å². The molecule has 2 heterocycles. The van der Waals surface area contributed by atoms with Crippen LogP contribution >= 0.6 is 11.3 Å². The Balaban J connectivity index is 1.62. The third-order valence-corrected chi connectivity index (χ3v) is 4.18. The van der Waals surface area contributed by atoms with Crippen molar-refractivity contribution in [3.63, 3.8) is 0 Å². The minimum absolute atomic E-state index is 0.142. The van der Waals surface area contributed by atoms with Crippen LogP contribution in [0.4, 0.5) is 16.8 Å². The van der Waals surface area contributed by atoms with E-state index < -0.39 is 0 Å². The highest BCUT2D eigenvalue weighted by atomic mass is 32.1. The third-order valence-electron chi connectivity index (χ3n) is 3.37. The van der Waals surface area contributed by atoms with E-state index in [1.807, 2.05) is 31.4 Å². The van der Waals surface area contributed by atoms with Gasteiger partial charge < -0.3 is 10.6 Å². The van der Waals surface area contributed by atoms with Crippen LogP contribution < -0.4 is 10.6 Å². The number of aryl methyl sites for hydroxylation is 2. The van der Waals surface area contributed by atoms with Crippen molar-refractivity contribution >= 4 is 34.0 Å². The molecule has 0 fully saturated rings. The predicted molar refractivity (Wildman–Crippen MR) is 100 cm³/mol. The first-order valence-corrected chi connectivity index (χ1v) is 8.73. The molecule has 7 nitrogen and oxygen atoms in total. The van der Waals surface area contributed by atoms with E-state index in [4.69, 9.17) is 5.26 Å². The fourth-order valence-electron chi connectivity index (χ4n) is 2.36. The summed E-state index contributed by atoms with van der Waals surface area (Å²) in [5.41, 5.74) is 3.48. The second kappa shape index (κ2) is 7.72. The Morgan fingerprint density at radius 2 is 1.96 bits per heavy atom. The second-order valence-electron chi connectivity index (χ2n) is 5.66. The van der Waals surface area contributed by atoms with Gasteiger partial charge in [-0.2, -0.15) is 5.26 Å². The molecule has 0 radical (unpaired) electrons. The first kappa shape index (κ1) is 17.5. The fraction of sp³-hybridized carbons (Fsp3) is 0.167. The van der Waals surface area contributed by atoms with E-state index >= 15 is 0 Å². The zero-order valence-corrected chi connectivity index (χ0v) is 15.1. The average molecular weight is 364 g/mol. The van der Waals surface area contributed by atoms with Crippen LogP contribution in [-0.2, 0) is 11.2 Å². The summed E-state index contributed by atoms with van der Waals surface area (Å²) in [6.07, 6.45) is 0.142. The number of anilines is 3. The molecule has 0 saturated carbocycles. The number of carbonyl (C=O) groups excluding carboxylic acids is 1. The highest BCUT2D eigenvalue weighted by Gasteiger charge is 2.10. The maximum Gasteiger partial charge on any atom is 0.230 e. The topological polar surface area (TPSA) is 104 Å². The molecule has 1 amide bonds. The average Bonchev–Trinajstić information content (AvgIpc) is 3.00. The number of nitrogens with zero attached hydrogens (tertiary/aromatic N) is 4. The molecule has 2 aromatic heterocycles. The zero-order chi connectivity index (χ0) is 18.5. The van der Waals surface area contributed by atoms with Gasteiger partial charge in [0.2, 0.25) is 11.9 Å². The molecule has 0 bridgehead atoms. The standard InChI is InChI=1S/C18H16N6OS/c1-11-6-12(2)21-17(20-11)24-18-23-15(10-26-18)8-16(25)22-14-5-3-4-13(7-14)9-19/h3-7,10H,8H2,1-2H3,(H,22,25)(H,20,21,23,24). The predicted octanol–water partition coefficient (Wildman–Crippen LogP) is 3.35. The lowest BCUT2D eigenvalue weighted by molar-refractivity contribution is -0.115. The largest absolute Gasteiger partial charge is 0.326 e. The number of amides is 1. The van der Waals surface area contributed by atoms with E-state index in [2.05, 4.69) is 25.6 Å². The normalized spacial score (nSPS) is 10.2. The van der Waals surface area contributed by atoms with Gasteiger partial charge in [-0.05, 0) is 38.1 Å². The molecule has 26 heavy (non-hydrogen) atoms. The van der Waals surface area contributed by atoms with Crippen molar-refractivity contribution in [1.29, 1.82) is 5.26 Å². The van der Waals surface area contributed by atoms with Crippen molar-refractivity contribution < 1.29 is 4.79 Å². The van der Waals surface area contributed by atoms with Crippen molar-refractivity contribution in [2.45, 2.75) is 20.3 Å². The Morgan fingerprint density at radius 1 is 1.19 bits per heavy atom. The van der Waals surface area contributed by atoms with Crippen LogP contribution in [0.1, 0.15) is 22.6 Å². The summed E-state index contributed by atoms with van der Waals surface area (Å²) in [5, 5.41) is 17.2. The lowest BCUT2D eigenvalue weighted by atomic mass is 10.2. The van der Waals surface area contributed by atoms with Crippen LogP contribution in [0, 0.1) is 25.2 Å². The highest BCUT2D eigenvalue weighted by molar-refractivity contribution is 7.13. The van der Waals surface area contributed by atoms with Gasteiger partial charge in [-0.25, -0.2) is 15.0 Å². The lowest BCUT2D eigenvalue weighted by Gasteiger charge is -2.04. The molecule has 0 aliphatic carbocycles. The Labute approximate surface area is 154 Å². The SMILES string of the molecule is Cc1cc(C)nc(Nc2nc(CC(=O)Nc3cccc(C#N)c3)cs2)n1. The smallest absolute Gasteiger partial charge is 0.230 e. The van der Waals surface area contributed by atoms with Gasteiger partial charge in [0.15, 0.2) is 5.13 Å². The molecule has 130 valence electrons. The third kappa shape index (κ3) is 4.62. The zero-order valence-electron chi connectivity index (χ0n) is 14.3. The number of hydrogen-bond donors (Lipinski definition) is 2. The number of hydrogen-bond acceptors (Lipinski definition) is 7. The molecule has 1 aromatic carbocycles. The molecule has 0 aliphatic heterocycles. The first-order valence-electron chi connectivity index (χ1n) is 7.85. The first-order chi connectivity index (χ1) is 12.5. The van der Waals surface area contributed by atoms with E-state index in [9.17, 15) is 4.79 Å². The van der Waals surface area contributed by atoms with Gasteiger partial charge in [0.05, 0.1) is 23.7 Å².